The van der Waals surface area contributed by atoms with Crippen LogP contribution in [0, 0.1) is 5.82 Å². The number of rotatable bonds is 8. The predicted octanol–water partition coefficient (Wildman–Crippen LogP) is 1.39. The molecule has 5 N–H and O–H groups in total. The fourth-order valence-corrected chi connectivity index (χ4v) is 3.45. The zero-order valence-corrected chi connectivity index (χ0v) is 18.0. The van der Waals surface area contributed by atoms with E-state index in [0.717, 1.165) is 6.07 Å². The third-order valence-electron chi connectivity index (χ3n) is 4.83. The molecule has 0 atom stereocenters. The zero-order valence-electron chi connectivity index (χ0n) is 17.1. The van der Waals surface area contributed by atoms with Crippen LogP contribution in [-0.4, -0.2) is 54.7 Å². The van der Waals surface area contributed by atoms with Crippen molar-refractivity contribution in [3.63, 3.8) is 0 Å². The van der Waals surface area contributed by atoms with E-state index in [9.17, 15) is 18.7 Å². The largest absolute Gasteiger partial charge is 0.468 e. The number of methoxy groups -OCH3 is 1. The summed E-state index contributed by atoms with van der Waals surface area (Å²) in [5, 5.41) is 7.21. The SMILES string of the molecule is COc1nc2c(N)nc(OCCO)nc2n1Cc1ccc(F)c(C(C)(C)P(=O)(O)O)c1. The normalized spacial score (nSPS) is 12.4. The molecular weight excluding hydrogens is 432 g/mol. The Morgan fingerprint density at radius 3 is 2.58 bits per heavy atom. The molecule has 3 aromatic rings. The van der Waals surface area contributed by atoms with Gasteiger partial charge in [0.1, 0.15) is 12.4 Å². The van der Waals surface area contributed by atoms with Crippen molar-refractivity contribution in [3.05, 3.63) is 35.1 Å². The number of benzene rings is 1. The maximum Gasteiger partial charge on any atom is 0.335 e. The molecule has 2 heterocycles. The lowest BCUT2D eigenvalue weighted by atomic mass is 9.99. The average molecular weight is 455 g/mol. The highest BCUT2D eigenvalue weighted by molar-refractivity contribution is 7.53. The highest BCUT2D eigenvalue weighted by Gasteiger charge is 2.41. The van der Waals surface area contributed by atoms with Gasteiger partial charge < -0.3 is 30.1 Å². The van der Waals surface area contributed by atoms with E-state index in [-0.39, 0.29) is 54.3 Å². The molecule has 0 spiro atoms. The van der Waals surface area contributed by atoms with Gasteiger partial charge in [-0.1, -0.05) is 6.07 Å². The van der Waals surface area contributed by atoms with E-state index in [1.165, 1.54) is 33.1 Å². The van der Waals surface area contributed by atoms with Gasteiger partial charge in [0.2, 0.25) is 0 Å². The van der Waals surface area contributed by atoms with Crippen molar-refractivity contribution < 1.29 is 33.3 Å². The smallest absolute Gasteiger partial charge is 0.335 e. The summed E-state index contributed by atoms with van der Waals surface area (Å²) in [6, 6.07) is 4.09. The first-order valence-electron chi connectivity index (χ1n) is 9.15. The number of fused-ring (bicyclic) bond motifs is 1. The number of hydrogen-bond acceptors (Lipinski definition) is 8. The minimum absolute atomic E-state index is 0.0327. The van der Waals surface area contributed by atoms with E-state index >= 15 is 0 Å². The number of nitrogens with two attached hydrogens (primary N) is 1. The Hall–Kier alpha value is -2.79. The molecule has 0 amide bonds. The van der Waals surface area contributed by atoms with E-state index in [2.05, 4.69) is 15.0 Å². The average Bonchev–Trinajstić information content (AvgIpc) is 3.05. The second-order valence-electron chi connectivity index (χ2n) is 7.24. The molecule has 168 valence electrons. The molecule has 3 rings (SSSR count). The van der Waals surface area contributed by atoms with E-state index in [1.807, 2.05) is 0 Å². The molecule has 1 aromatic carbocycles. The van der Waals surface area contributed by atoms with Crippen molar-refractivity contribution in [2.45, 2.75) is 25.5 Å². The van der Waals surface area contributed by atoms with Crippen molar-refractivity contribution in [3.8, 4) is 12.0 Å². The number of ether oxygens (including phenoxy) is 2. The van der Waals surface area contributed by atoms with Gasteiger partial charge in [0.05, 0.1) is 25.4 Å². The minimum atomic E-state index is -4.64. The molecule has 0 unspecified atom stereocenters. The topological polar surface area (TPSA) is 166 Å². The lowest BCUT2D eigenvalue weighted by Gasteiger charge is -2.27. The van der Waals surface area contributed by atoms with Gasteiger partial charge in [-0.25, -0.2) is 4.39 Å². The Labute approximate surface area is 176 Å². The highest BCUT2D eigenvalue weighted by atomic mass is 31.2. The summed E-state index contributed by atoms with van der Waals surface area (Å²) in [5.41, 5.74) is 6.87. The van der Waals surface area contributed by atoms with Crippen LogP contribution in [0.5, 0.6) is 12.0 Å². The summed E-state index contributed by atoms with van der Waals surface area (Å²) in [7, 11) is -3.24. The van der Waals surface area contributed by atoms with Gasteiger partial charge in [0.25, 0.3) is 6.01 Å². The van der Waals surface area contributed by atoms with Gasteiger partial charge in [-0.05, 0) is 31.5 Å². The number of aliphatic hydroxyl groups is 1. The molecule has 0 radical (unpaired) electrons. The number of nitrogens with zero attached hydrogens (tertiary/aromatic N) is 4. The molecule has 0 aliphatic heterocycles. The van der Waals surface area contributed by atoms with Gasteiger partial charge in [0, 0.05) is 5.56 Å². The molecule has 0 aliphatic carbocycles. The van der Waals surface area contributed by atoms with Crippen molar-refractivity contribution in [1.82, 2.24) is 19.5 Å². The molecular formula is C18H23FN5O6P. The van der Waals surface area contributed by atoms with Crippen LogP contribution in [0.2, 0.25) is 0 Å². The molecule has 31 heavy (non-hydrogen) atoms. The Balaban J connectivity index is 2.10. The van der Waals surface area contributed by atoms with Gasteiger partial charge >= 0.3 is 13.6 Å². The Bertz CT molecular complexity index is 1160. The summed E-state index contributed by atoms with van der Waals surface area (Å²) in [6.45, 7) is 2.37. The summed E-state index contributed by atoms with van der Waals surface area (Å²) in [4.78, 5) is 31.9. The lowest BCUT2D eigenvalue weighted by molar-refractivity contribution is 0.192. The number of halogens is 1. The number of hydrogen-bond donors (Lipinski definition) is 4. The molecule has 0 bridgehead atoms. The van der Waals surface area contributed by atoms with Crippen LogP contribution in [0.4, 0.5) is 10.2 Å². The third-order valence-corrected chi connectivity index (χ3v) is 6.53. The van der Waals surface area contributed by atoms with E-state index in [1.54, 1.807) is 4.57 Å². The van der Waals surface area contributed by atoms with Gasteiger partial charge in [-0.15, -0.1) is 0 Å². The minimum Gasteiger partial charge on any atom is -0.468 e. The summed E-state index contributed by atoms with van der Waals surface area (Å²) in [5.74, 6) is -0.691. The molecule has 13 heteroatoms. The Morgan fingerprint density at radius 1 is 1.26 bits per heavy atom. The van der Waals surface area contributed by atoms with Crippen LogP contribution in [0.3, 0.4) is 0 Å². The maximum absolute atomic E-state index is 14.4. The predicted molar refractivity (Wildman–Crippen MR) is 109 cm³/mol. The number of anilines is 1. The monoisotopic (exact) mass is 455 g/mol. The molecule has 0 saturated heterocycles. The fraction of sp³-hybridized carbons (Fsp3) is 0.389. The van der Waals surface area contributed by atoms with Crippen LogP contribution >= 0.6 is 7.60 Å². The van der Waals surface area contributed by atoms with Crippen LogP contribution in [0.1, 0.15) is 25.0 Å². The van der Waals surface area contributed by atoms with Crippen LogP contribution in [0.15, 0.2) is 18.2 Å². The van der Waals surface area contributed by atoms with E-state index < -0.39 is 18.6 Å². The first-order valence-corrected chi connectivity index (χ1v) is 10.8. The molecule has 2 aromatic heterocycles. The summed E-state index contributed by atoms with van der Waals surface area (Å²) >= 11 is 0. The molecule has 0 saturated carbocycles. The third kappa shape index (κ3) is 4.33. The van der Waals surface area contributed by atoms with E-state index in [0.29, 0.717) is 5.56 Å². The zero-order chi connectivity index (χ0) is 23.0. The first-order chi connectivity index (χ1) is 14.5. The highest BCUT2D eigenvalue weighted by Crippen LogP contribution is 2.57. The first kappa shape index (κ1) is 22.9. The summed E-state index contributed by atoms with van der Waals surface area (Å²) in [6.07, 6.45) is 0. The van der Waals surface area contributed by atoms with Crippen molar-refractivity contribution in [2.75, 3.05) is 26.1 Å². The Morgan fingerprint density at radius 2 is 1.97 bits per heavy atom. The Kier molecular flexibility index (Phi) is 6.19. The van der Waals surface area contributed by atoms with Gasteiger partial charge in [0.15, 0.2) is 17.0 Å². The molecule has 11 nitrogen and oxygen atoms in total. The van der Waals surface area contributed by atoms with Crippen LogP contribution < -0.4 is 15.2 Å². The fourth-order valence-electron chi connectivity index (χ4n) is 2.96. The van der Waals surface area contributed by atoms with Gasteiger partial charge in [-0.3, -0.25) is 9.13 Å². The number of aromatic nitrogens is 4. The van der Waals surface area contributed by atoms with Crippen molar-refractivity contribution in [1.29, 1.82) is 0 Å². The second kappa shape index (κ2) is 8.39. The van der Waals surface area contributed by atoms with Crippen molar-refractivity contribution in [2.24, 2.45) is 0 Å². The maximum atomic E-state index is 14.4. The second-order valence-corrected chi connectivity index (χ2v) is 9.44. The molecule has 0 fully saturated rings. The summed E-state index contributed by atoms with van der Waals surface area (Å²) < 4.78 is 38.4. The van der Waals surface area contributed by atoms with Crippen LogP contribution in [0.25, 0.3) is 11.2 Å². The van der Waals surface area contributed by atoms with E-state index in [4.69, 9.17) is 20.3 Å². The van der Waals surface area contributed by atoms with Gasteiger partial charge in [-0.2, -0.15) is 15.0 Å². The number of nitrogen functional groups attached to an aromatic ring is 1. The standard InChI is InChI=1S/C18H23FN5O6P/c1-18(2,31(26,27)28)11-8-10(4-5-12(11)19)9-24-15-13(21-17(24)29-3)14(20)22-16(23-15)30-7-6-25/h4-5,8,25H,6-7,9H2,1-3H3,(H2,20,22,23)(H2,26,27,28). The lowest BCUT2D eigenvalue weighted by Crippen LogP contribution is -2.19. The van der Waals surface area contributed by atoms with Crippen molar-refractivity contribution >= 4 is 24.6 Å². The molecule has 0 aliphatic rings. The quantitative estimate of drug-likeness (QED) is 0.365. The number of imidazole rings is 1. The number of aliphatic hydroxyl groups excluding tert-OH is 1. The van der Waals surface area contributed by atoms with Crippen LogP contribution in [-0.2, 0) is 16.3 Å².